The Morgan fingerprint density at radius 2 is 1.82 bits per heavy atom. The molecule has 1 aliphatic rings. The second-order valence-corrected chi connectivity index (χ2v) is 11.9. The molecule has 40 heavy (non-hydrogen) atoms. The lowest BCUT2D eigenvalue weighted by Gasteiger charge is -2.38. The minimum absolute atomic E-state index is 0.134. The topological polar surface area (TPSA) is 114 Å². The van der Waals surface area contributed by atoms with Gasteiger partial charge in [0.25, 0.3) is 0 Å². The van der Waals surface area contributed by atoms with Gasteiger partial charge in [-0.25, -0.2) is 14.8 Å². The van der Waals surface area contributed by atoms with Crippen LogP contribution in [0.25, 0.3) is 10.2 Å². The number of carbonyl (C=O) groups is 3. The predicted octanol–water partition coefficient (Wildman–Crippen LogP) is 6.30. The fourth-order valence-electron chi connectivity index (χ4n) is 4.49. The Morgan fingerprint density at radius 1 is 1.10 bits per heavy atom. The fourth-order valence-corrected chi connectivity index (χ4v) is 5.30. The van der Waals surface area contributed by atoms with Crippen LogP contribution < -0.4 is 10.6 Å². The number of benzene rings is 1. The van der Waals surface area contributed by atoms with E-state index >= 15 is 0 Å². The highest BCUT2D eigenvalue weighted by atomic mass is 32.1. The number of nitrogens with zero attached hydrogens (tertiary/aromatic N) is 3. The van der Waals surface area contributed by atoms with Crippen LogP contribution in [-0.2, 0) is 20.5 Å². The van der Waals surface area contributed by atoms with Gasteiger partial charge in [0.2, 0.25) is 0 Å². The first-order valence-electron chi connectivity index (χ1n) is 12.7. The van der Waals surface area contributed by atoms with E-state index in [1.165, 1.54) is 11.1 Å². The number of ether oxygens (including phenoxy) is 1. The lowest BCUT2D eigenvalue weighted by atomic mass is 9.89. The fraction of sp³-hybridized carbons (Fsp3) is 0.444. The van der Waals surface area contributed by atoms with E-state index in [2.05, 4.69) is 20.6 Å². The number of aromatic nitrogens is 2. The quantitative estimate of drug-likeness (QED) is 0.353. The molecule has 1 saturated heterocycles. The molecule has 0 radical (unpaired) electrons. The third-order valence-electron chi connectivity index (χ3n) is 6.27. The van der Waals surface area contributed by atoms with Crippen molar-refractivity contribution in [1.29, 1.82) is 0 Å². The zero-order valence-corrected chi connectivity index (χ0v) is 23.5. The molecule has 214 valence electrons. The molecule has 13 heteroatoms. The van der Waals surface area contributed by atoms with Crippen LogP contribution >= 0.6 is 11.3 Å². The van der Waals surface area contributed by atoms with E-state index in [-0.39, 0.29) is 22.9 Å². The summed E-state index contributed by atoms with van der Waals surface area (Å²) in [6.45, 7) is 9.16. The largest absolute Gasteiger partial charge is 0.444 e. The molecule has 1 aromatic carbocycles. The number of hydrogen-bond acceptors (Lipinski definition) is 7. The number of rotatable bonds is 3. The van der Waals surface area contributed by atoms with Crippen LogP contribution in [0.5, 0.6) is 0 Å². The maximum Gasteiger partial charge on any atom is 0.443 e. The minimum atomic E-state index is -4.54. The van der Waals surface area contributed by atoms with Crippen LogP contribution in [0.3, 0.4) is 0 Å². The van der Waals surface area contributed by atoms with Gasteiger partial charge in [-0.15, -0.1) is 11.3 Å². The lowest BCUT2D eigenvalue weighted by Crippen LogP contribution is -2.46. The smallest absolute Gasteiger partial charge is 0.443 e. The monoisotopic (exact) mass is 577 g/mol. The number of aryl methyl sites for hydroxylation is 1. The number of piperidine rings is 1. The van der Waals surface area contributed by atoms with Crippen molar-refractivity contribution in [1.82, 2.24) is 14.9 Å². The highest BCUT2D eigenvalue weighted by Crippen LogP contribution is 2.38. The van der Waals surface area contributed by atoms with Crippen molar-refractivity contribution < 1.29 is 32.3 Å². The number of anilines is 2. The Kier molecular flexibility index (Phi) is 8.06. The van der Waals surface area contributed by atoms with Gasteiger partial charge >= 0.3 is 24.1 Å². The van der Waals surface area contributed by atoms with Crippen LogP contribution in [0, 0.1) is 12.8 Å². The summed E-state index contributed by atoms with van der Waals surface area (Å²) in [6, 6.07) is 5.89. The molecule has 2 unspecified atom stereocenters. The van der Waals surface area contributed by atoms with Gasteiger partial charge in [0.15, 0.2) is 5.01 Å². The zero-order valence-electron chi connectivity index (χ0n) is 22.7. The Labute approximate surface area is 233 Å². The molecule has 3 aromatic rings. The first-order valence-corrected chi connectivity index (χ1v) is 13.5. The number of fused-ring (bicyclic) bond motifs is 1. The van der Waals surface area contributed by atoms with Crippen molar-refractivity contribution >= 4 is 51.0 Å². The average Bonchev–Trinajstić information content (AvgIpc) is 3.28. The summed E-state index contributed by atoms with van der Waals surface area (Å²) in [5.74, 6) is -1.26. The van der Waals surface area contributed by atoms with E-state index in [0.717, 1.165) is 6.42 Å². The van der Waals surface area contributed by atoms with Crippen LogP contribution in [-0.4, -0.2) is 44.9 Å². The maximum atomic E-state index is 13.3. The van der Waals surface area contributed by atoms with E-state index in [1.807, 2.05) is 6.92 Å². The summed E-state index contributed by atoms with van der Waals surface area (Å²) in [5, 5.41) is 4.18. The van der Waals surface area contributed by atoms with Crippen LogP contribution in [0.2, 0.25) is 0 Å². The van der Waals surface area contributed by atoms with Crippen molar-refractivity contribution in [2.45, 2.75) is 65.3 Å². The molecule has 0 aliphatic carbocycles. The highest BCUT2D eigenvalue weighted by Gasteiger charge is 2.37. The minimum Gasteiger partial charge on any atom is -0.444 e. The van der Waals surface area contributed by atoms with Gasteiger partial charge < -0.3 is 15.0 Å². The molecule has 0 spiro atoms. The summed E-state index contributed by atoms with van der Waals surface area (Å²) >= 11 is 0.564. The molecule has 2 atom stereocenters. The molecule has 2 aromatic heterocycles. The second-order valence-electron chi connectivity index (χ2n) is 10.9. The number of thiazole rings is 1. The Balaban J connectivity index is 1.50. The van der Waals surface area contributed by atoms with Gasteiger partial charge in [-0.1, -0.05) is 13.0 Å². The van der Waals surface area contributed by atoms with E-state index in [4.69, 9.17) is 4.74 Å². The summed E-state index contributed by atoms with van der Waals surface area (Å²) in [4.78, 5) is 47.7. The van der Waals surface area contributed by atoms with Crippen molar-refractivity contribution in [2.24, 2.45) is 5.92 Å². The highest BCUT2D eigenvalue weighted by molar-refractivity contribution is 7.18. The van der Waals surface area contributed by atoms with Gasteiger partial charge in [-0.05, 0) is 75.8 Å². The van der Waals surface area contributed by atoms with Crippen molar-refractivity contribution in [2.75, 3.05) is 17.2 Å². The number of alkyl halides is 3. The van der Waals surface area contributed by atoms with Gasteiger partial charge in [0.1, 0.15) is 11.4 Å². The Hall–Kier alpha value is -3.74. The van der Waals surface area contributed by atoms with E-state index in [9.17, 15) is 27.6 Å². The third-order valence-corrected chi connectivity index (χ3v) is 7.35. The first kappa shape index (κ1) is 29.2. The van der Waals surface area contributed by atoms with Gasteiger partial charge in [-0.2, -0.15) is 13.2 Å². The summed E-state index contributed by atoms with van der Waals surface area (Å²) in [5.41, 5.74) is 0.932. The number of likely N-dealkylation sites (tertiary alicyclic amines) is 1. The molecular formula is C27H30F3N5O4S. The molecule has 1 aliphatic heterocycles. The van der Waals surface area contributed by atoms with Crippen molar-refractivity contribution in [3.05, 3.63) is 46.6 Å². The molecule has 1 fully saturated rings. The second kappa shape index (κ2) is 11.0. The Bertz CT molecular complexity index is 1450. The van der Waals surface area contributed by atoms with E-state index in [1.54, 1.807) is 52.0 Å². The summed E-state index contributed by atoms with van der Waals surface area (Å²) < 4.78 is 45.0. The number of pyridine rings is 1. The molecule has 3 heterocycles. The Morgan fingerprint density at radius 3 is 2.48 bits per heavy atom. The number of nitrogens with one attached hydrogen (secondary N) is 2. The van der Waals surface area contributed by atoms with Crippen molar-refractivity contribution in [3.63, 3.8) is 0 Å². The molecule has 4 rings (SSSR count). The van der Waals surface area contributed by atoms with Crippen LogP contribution in [0.1, 0.15) is 62.7 Å². The van der Waals surface area contributed by atoms with Gasteiger partial charge in [-0.3, -0.25) is 14.9 Å². The van der Waals surface area contributed by atoms with Crippen LogP contribution in [0.15, 0.2) is 30.5 Å². The van der Waals surface area contributed by atoms with Gasteiger partial charge in [0.05, 0.1) is 28.1 Å². The van der Waals surface area contributed by atoms with Gasteiger partial charge in [0, 0.05) is 6.54 Å². The van der Waals surface area contributed by atoms with E-state index in [0.29, 0.717) is 40.1 Å². The first-order chi connectivity index (χ1) is 18.6. The molecule has 0 bridgehead atoms. The predicted molar refractivity (Wildman–Crippen MR) is 145 cm³/mol. The molecule has 3 amide bonds. The number of hydrogen-bond donors (Lipinski definition) is 2. The SMILES string of the molecule is Cc1cc(NC(=O)C(=O)N2CC(C)CCC2c2ccc3sc(C(F)(F)F)nc3c2)cnc1NC(=O)OC(C)(C)C. The number of carbonyl (C=O) groups excluding carboxylic acids is 3. The average molecular weight is 578 g/mol. The lowest BCUT2D eigenvalue weighted by molar-refractivity contribution is -0.146. The number of halogens is 3. The molecule has 0 saturated carbocycles. The summed E-state index contributed by atoms with van der Waals surface area (Å²) in [7, 11) is 0. The maximum absolute atomic E-state index is 13.3. The normalized spacial score (nSPS) is 17.9. The van der Waals surface area contributed by atoms with Crippen molar-refractivity contribution in [3.8, 4) is 0 Å². The molecular weight excluding hydrogens is 547 g/mol. The summed E-state index contributed by atoms with van der Waals surface area (Å²) in [6.07, 6.45) is -2.57. The zero-order chi connectivity index (χ0) is 29.4. The molecule has 9 nitrogen and oxygen atoms in total. The third kappa shape index (κ3) is 6.87. The number of amides is 3. The standard InChI is InChI=1S/C27H30F3N5O4S/c1-14-6-8-19(16-7-9-20-18(11-16)33-24(40-20)27(28,29)30)35(13-14)23(37)22(36)32-17-10-15(2)21(31-12-17)34-25(38)39-26(3,4)5/h7,9-12,14,19H,6,8,13H2,1-5H3,(H,32,36)(H,31,34,38). The molecule has 2 N–H and O–H groups in total. The van der Waals surface area contributed by atoms with Crippen LogP contribution in [0.4, 0.5) is 29.5 Å². The van der Waals surface area contributed by atoms with E-state index < -0.39 is 40.7 Å².